The maximum Gasteiger partial charge on any atom is 0.344 e. The van der Waals surface area contributed by atoms with Gasteiger partial charge in [0, 0.05) is 6.08 Å². The molecule has 0 radical (unpaired) electrons. The Balaban J connectivity index is 4.29. The van der Waals surface area contributed by atoms with Crippen molar-refractivity contribution >= 4 is 34.5 Å². The Morgan fingerprint density at radius 2 is 1.53 bits per heavy atom. The third-order valence-corrected chi connectivity index (χ3v) is 1.89. The first-order valence-electron chi connectivity index (χ1n) is 4.61. The van der Waals surface area contributed by atoms with E-state index in [1.807, 2.05) is 0 Å². The number of ether oxygens (including phenoxy) is 2. The van der Waals surface area contributed by atoms with Gasteiger partial charge < -0.3 is 9.47 Å². The van der Waals surface area contributed by atoms with Crippen molar-refractivity contribution in [3.8, 4) is 0 Å². The van der Waals surface area contributed by atoms with Crippen molar-refractivity contribution in [2.24, 2.45) is 0 Å². The SMILES string of the molecule is CC(C)OC(=O)/C=C(/I)C(=O)OC(C)C. The summed E-state index contributed by atoms with van der Waals surface area (Å²) in [6, 6.07) is 0. The lowest BCUT2D eigenvalue weighted by Crippen LogP contribution is -2.14. The summed E-state index contributed by atoms with van der Waals surface area (Å²) in [5.41, 5.74) is 0. The minimum Gasteiger partial charge on any atom is -0.460 e. The highest BCUT2D eigenvalue weighted by Crippen LogP contribution is 2.10. The molecule has 0 amide bonds. The molecule has 0 heterocycles. The van der Waals surface area contributed by atoms with Crippen LogP contribution in [-0.4, -0.2) is 24.1 Å². The lowest BCUT2D eigenvalue weighted by molar-refractivity contribution is -0.144. The van der Waals surface area contributed by atoms with Crippen molar-refractivity contribution in [3.05, 3.63) is 9.66 Å². The van der Waals surface area contributed by atoms with E-state index in [1.165, 1.54) is 0 Å². The first kappa shape index (κ1) is 14.4. The smallest absolute Gasteiger partial charge is 0.344 e. The van der Waals surface area contributed by atoms with Gasteiger partial charge in [-0.3, -0.25) is 0 Å². The summed E-state index contributed by atoms with van der Waals surface area (Å²) in [5.74, 6) is -1.04. The van der Waals surface area contributed by atoms with Crippen molar-refractivity contribution in [1.29, 1.82) is 0 Å². The number of hydrogen-bond acceptors (Lipinski definition) is 4. The van der Waals surface area contributed by atoms with E-state index in [9.17, 15) is 9.59 Å². The van der Waals surface area contributed by atoms with Gasteiger partial charge in [-0.15, -0.1) is 0 Å². The van der Waals surface area contributed by atoms with E-state index < -0.39 is 11.9 Å². The standard InChI is InChI=1S/C10H15IO4/c1-6(2)14-9(12)5-8(11)10(13)15-7(3)4/h5-7H,1-4H3/b8-5+. The predicted molar refractivity (Wildman–Crippen MR) is 64.6 cm³/mol. The molecule has 86 valence electrons. The van der Waals surface area contributed by atoms with Gasteiger partial charge in [-0.2, -0.15) is 0 Å². The summed E-state index contributed by atoms with van der Waals surface area (Å²) in [4.78, 5) is 22.4. The van der Waals surface area contributed by atoms with Crippen LogP contribution < -0.4 is 0 Å². The normalized spacial score (nSPS) is 11.8. The number of halogens is 1. The molecule has 0 aliphatic carbocycles. The Bertz CT molecular complexity index is 269. The fourth-order valence-electron chi connectivity index (χ4n) is 0.699. The molecule has 0 N–H and O–H groups in total. The van der Waals surface area contributed by atoms with Gasteiger partial charge in [-0.1, -0.05) is 0 Å². The van der Waals surface area contributed by atoms with Crippen molar-refractivity contribution in [2.75, 3.05) is 0 Å². The van der Waals surface area contributed by atoms with E-state index in [-0.39, 0.29) is 15.8 Å². The van der Waals surface area contributed by atoms with Gasteiger partial charge in [0.05, 0.1) is 12.2 Å². The molecule has 0 saturated heterocycles. The van der Waals surface area contributed by atoms with Crippen LogP contribution in [0.1, 0.15) is 27.7 Å². The zero-order chi connectivity index (χ0) is 12.0. The lowest BCUT2D eigenvalue weighted by Gasteiger charge is -2.07. The van der Waals surface area contributed by atoms with Crippen LogP contribution in [0.4, 0.5) is 0 Å². The highest BCUT2D eigenvalue weighted by molar-refractivity contribution is 14.1. The number of rotatable bonds is 4. The second-order valence-electron chi connectivity index (χ2n) is 3.43. The second kappa shape index (κ2) is 6.81. The molecule has 0 aromatic heterocycles. The van der Waals surface area contributed by atoms with Gasteiger partial charge in [0.25, 0.3) is 0 Å². The Morgan fingerprint density at radius 3 is 1.93 bits per heavy atom. The van der Waals surface area contributed by atoms with Crippen LogP contribution in [0.3, 0.4) is 0 Å². The molecule has 0 spiro atoms. The Labute approximate surface area is 103 Å². The molecule has 4 nitrogen and oxygen atoms in total. The number of carbonyl (C=O) groups excluding carboxylic acids is 2. The molecule has 5 heteroatoms. The van der Waals surface area contributed by atoms with Crippen LogP contribution >= 0.6 is 22.6 Å². The molecule has 0 rings (SSSR count). The largest absolute Gasteiger partial charge is 0.460 e. The molecule has 0 aromatic carbocycles. The second-order valence-corrected chi connectivity index (χ2v) is 4.59. The van der Waals surface area contributed by atoms with Crippen LogP contribution in [0.15, 0.2) is 9.66 Å². The van der Waals surface area contributed by atoms with Crippen LogP contribution in [0, 0.1) is 0 Å². The molecule has 0 unspecified atom stereocenters. The summed E-state index contributed by atoms with van der Waals surface area (Å²) >= 11 is 1.75. The van der Waals surface area contributed by atoms with Gasteiger partial charge in [-0.25, -0.2) is 9.59 Å². The average Bonchev–Trinajstić information content (AvgIpc) is 2.00. The maximum atomic E-state index is 11.3. The number of esters is 2. The molecule has 0 atom stereocenters. The van der Waals surface area contributed by atoms with E-state index in [4.69, 9.17) is 9.47 Å². The predicted octanol–water partition coefficient (Wildman–Crippen LogP) is 2.21. The summed E-state index contributed by atoms with van der Waals surface area (Å²) < 4.78 is 9.96. The molecular weight excluding hydrogens is 311 g/mol. The fraction of sp³-hybridized carbons (Fsp3) is 0.600. The molecular formula is C10H15IO4. The molecule has 0 aliphatic rings. The van der Waals surface area contributed by atoms with E-state index in [0.29, 0.717) is 0 Å². The lowest BCUT2D eigenvalue weighted by atomic mass is 10.4. The summed E-state index contributed by atoms with van der Waals surface area (Å²) in [7, 11) is 0. The fourth-order valence-corrected chi connectivity index (χ4v) is 1.08. The van der Waals surface area contributed by atoms with Crippen LogP contribution in [0.25, 0.3) is 0 Å². The Morgan fingerprint density at radius 1 is 1.07 bits per heavy atom. The van der Waals surface area contributed by atoms with E-state index in [0.717, 1.165) is 6.08 Å². The highest BCUT2D eigenvalue weighted by Gasteiger charge is 2.12. The van der Waals surface area contributed by atoms with Gasteiger partial charge >= 0.3 is 11.9 Å². The van der Waals surface area contributed by atoms with E-state index in [1.54, 1.807) is 50.3 Å². The van der Waals surface area contributed by atoms with Gasteiger partial charge in [-0.05, 0) is 50.3 Å². The average molecular weight is 326 g/mol. The molecule has 15 heavy (non-hydrogen) atoms. The zero-order valence-electron chi connectivity index (χ0n) is 9.24. The number of hydrogen-bond donors (Lipinski definition) is 0. The highest BCUT2D eigenvalue weighted by atomic mass is 127. The zero-order valence-corrected chi connectivity index (χ0v) is 11.4. The minimum atomic E-state index is -0.532. The summed E-state index contributed by atoms with van der Waals surface area (Å²) in [6.45, 7) is 6.97. The van der Waals surface area contributed by atoms with Crippen molar-refractivity contribution in [1.82, 2.24) is 0 Å². The van der Waals surface area contributed by atoms with Gasteiger partial charge in [0.15, 0.2) is 0 Å². The monoisotopic (exact) mass is 326 g/mol. The minimum absolute atomic E-state index is 0.195. The quantitative estimate of drug-likeness (QED) is 0.452. The Hall–Kier alpha value is -0.590. The van der Waals surface area contributed by atoms with Crippen molar-refractivity contribution < 1.29 is 19.1 Å². The third kappa shape index (κ3) is 7.35. The summed E-state index contributed by atoms with van der Waals surface area (Å²) in [5, 5.41) is 0. The maximum absolute atomic E-state index is 11.3. The van der Waals surface area contributed by atoms with Crippen molar-refractivity contribution in [3.63, 3.8) is 0 Å². The molecule has 0 bridgehead atoms. The molecule has 0 aromatic rings. The van der Waals surface area contributed by atoms with Crippen molar-refractivity contribution in [2.45, 2.75) is 39.9 Å². The molecule has 0 aliphatic heterocycles. The van der Waals surface area contributed by atoms with E-state index >= 15 is 0 Å². The first-order valence-corrected chi connectivity index (χ1v) is 5.69. The summed E-state index contributed by atoms with van der Waals surface area (Å²) in [6.07, 6.45) is 0.738. The van der Waals surface area contributed by atoms with Crippen LogP contribution in [0.5, 0.6) is 0 Å². The third-order valence-electron chi connectivity index (χ3n) is 1.13. The first-order chi connectivity index (χ1) is 6.82. The van der Waals surface area contributed by atoms with Gasteiger partial charge in [0.1, 0.15) is 3.58 Å². The molecule has 0 saturated carbocycles. The number of carbonyl (C=O) groups is 2. The van der Waals surface area contributed by atoms with Crippen LogP contribution in [-0.2, 0) is 19.1 Å². The van der Waals surface area contributed by atoms with Crippen LogP contribution in [0.2, 0.25) is 0 Å². The van der Waals surface area contributed by atoms with Gasteiger partial charge in [0.2, 0.25) is 0 Å². The topological polar surface area (TPSA) is 52.6 Å². The molecule has 0 fully saturated rings. The Kier molecular flexibility index (Phi) is 6.55. The van der Waals surface area contributed by atoms with E-state index in [2.05, 4.69) is 0 Å².